The Hall–Kier alpha value is -0.470. The number of nitrogens with zero attached hydrogens (tertiary/aromatic N) is 1. The molecule has 1 aliphatic rings. The van der Waals surface area contributed by atoms with Gasteiger partial charge in [0.25, 0.3) is 10.0 Å². The Bertz CT molecular complexity index is 464. The van der Waals surface area contributed by atoms with Crippen LogP contribution in [0.25, 0.3) is 0 Å². The highest BCUT2D eigenvalue weighted by Gasteiger charge is 2.22. The highest BCUT2D eigenvalue weighted by molar-refractivity contribution is 7.89. The maximum Gasteiger partial charge on any atom is 0.254 e. The first-order valence-electron chi connectivity index (χ1n) is 5.67. The Morgan fingerprint density at radius 2 is 2.06 bits per heavy atom. The summed E-state index contributed by atoms with van der Waals surface area (Å²) in [5, 5.41) is 3.53. The predicted molar refractivity (Wildman–Crippen MR) is 68.0 cm³/mol. The maximum absolute atomic E-state index is 12.1. The second-order valence-electron chi connectivity index (χ2n) is 4.05. The second-order valence-corrected chi connectivity index (χ2v) is 6.68. The van der Waals surface area contributed by atoms with E-state index in [1.807, 2.05) is 0 Å². The van der Waals surface area contributed by atoms with Crippen LogP contribution in [-0.2, 0) is 16.6 Å². The molecule has 1 aliphatic heterocycles. The summed E-state index contributed by atoms with van der Waals surface area (Å²) in [7, 11) is -3.45. The molecule has 1 aromatic heterocycles. The van der Waals surface area contributed by atoms with Gasteiger partial charge in [0.2, 0.25) is 0 Å². The molecule has 7 heteroatoms. The van der Waals surface area contributed by atoms with Crippen molar-refractivity contribution in [2.24, 2.45) is 5.73 Å². The summed E-state index contributed by atoms with van der Waals surface area (Å²) < 4.78 is 24.3. The molecule has 5 nitrogen and oxygen atoms in total. The molecule has 2 rings (SSSR count). The van der Waals surface area contributed by atoms with Crippen molar-refractivity contribution in [3.8, 4) is 0 Å². The Morgan fingerprint density at radius 3 is 2.71 bits per heavy atom. The van der Waals surface area contributed by atoms with Crippen LogP contribution in [0.5, 0.6) is 0 Å². The summed E-state index contributed by atoms with van der Waals surface area (Å²) in [6.07, 6.45) is 3.25. The molecule has 0 atom stereocenters. The van der Waals surface area contributed by atoms with Gasteiger partial charge in [-0.1, -0.05) is 6.42 Å². The molecule has 17 heavy (non-hydrogen) atoms. The topological polar surface area (TPSA) is 75.4 Å². The Labute approximate surface area is 106 Å². The molecule has 1 fully saturated rings. The van der Waals surface area contributed by atoms with Crippen molar-refractivity contribution >= 4 is 21.4 Å². The molecule has 0 amide bonds. The molecule has 3 N–H and O–H groups in total. The number of nitrogens with two attached hydrogens (primary N) is 1. The number of hydrogen-bond donors (Lipinski definition) is 2. The van der Waals surface area contributed by atoms with Crippen LogP contribution < -0.4 is 10.6 Å². The summed E-state index contributed by atoms with van der Waals surface area (Å²) in [4.78, 5) is 3.65. The van der Waals surface area contributed by atoms with Crippen molar-refractivity contribution in [1.29, 1.82) is 0 Å². The summed E-state index contributed by atoms with van der Waals surface area (Å²) in [5.74, 6) is 0. The van der Waals surface area contributed by atoms with Crippen LogP contribution in [-0.4, -0.2) is 26.5 Å². The third-order valence-electron chi connectivity index (χ3n) is 2.78. The first kappa shape index (κ1) is 13.0. The molecule has 96 valence electrons. The number of piperidine rings is 1. The number of rotatable bonds is 4. The minimum absolute atomic E-state index is 0.258. The second kappa shape index (κ2) is 5.45. The minimum atomic E-state index is -3.45. The van der Waals surface area contributed by atoms with Crippen LogP contribution in [0.2, 0.25) is 0 Å². The number of nitrogens with one attached hydrogen (secondary N) is 1. The van der Waals surface area contributed by atoms with E-state index in [1.165, 1.54) is 17.8 Å². The van der Waals surface area contributed by atoms with Crippen molar-refractivity contribution in [2.75, 3.05) is 13.1 Å². The van der Waals surface area contributed by atoms with Crippen molar-refractivity contribution < 1.29 is 8.42 Å². The van der Waals surface area contributed by atoms with Crippen LogP contribution >= 0.6 is 11.3 Å². The van der Waals surface area contributed by atoms with Crippen LogP contribution in [0.1, 0.15) is 24.1 Å². The number of hydrazine groups is 1. The van der Waals surface area contributed by atoms with E-state index in [1.54, 1.807) is 16.5 Å². The average Bonchev–Trinajstić information content (AvgIpc) is 2.78. The lowest BCUT2D eigenvalue weighted by molar-refractivity contribution is 0.200. The summed E-state index contributed by atoms with van der Waals surface area (Å²) in [6, 6.07) is 1.61. The van der Waals surface area contributed by atoms with Crippen LogP contribution in [0.15, 0.2) is 16.3 Å². The van der Waals surface area contributed by atoms with Gasteiger partial charge in [-0.15, -0.1) is 16.2 Å². The average molecular weight is 275 g/mol. The van der Waals surface area contributed by atoms with E-state index in [4.69, 9.17) is 5.73 Å². The Morgan fingerprint density at radius 1 is 1.35 bits per heavy atom. The van der Waals surface area contributed by atoms with E-state index in [-0.39, 0.29) is 6.54 Å². The summed E-state index contributed by atoms with van der Waals surface area (Å²) >= 11 is 1.38. The van der Waals surface area contributed by atoms with Crippen molar-refractivity contribution in [3.05, 3.63) is 16.3 Å². The zero-order valence-corrected chi connectivity index (χ0v) is 11.2. The molecule has 0 spiro atoms. The van der Waals surface area contributed by atoms with Gasteiger partial charge in [-0.25, -0.2) is 13.4 Å². The van der Waals surface area contributed by atoms with E-state index in [0.29, 0.717) is 9.77 Å². The molecule has 0 aromatic carbocycles. The minimum Gasteiger partial charge on any atom is -0.326 e. The first-order chi connectivity index (χ1) is 8.13. The highest BCUT2D eigenvalue weighted by atomic mass is 32.2. The molecular formula is C10H17N3O2S2. The van der Waals surface area contributed by atoms with Crippen molar-refractivity contribution in [2.45, 2.75) is 30.7 Å². The monoisotopic (exact) mass is 275 g/mol. The summed E-state index contributed by atoms with van der Waals surface area (Å²) in [6.45, 7) is 1.82. The van der Waals surface area contributed by atoms with E-state index in [9.17, 15) is 8.42 Å². The fourth-order valence-electron chi connectivity index (χ4n) is 1.92. The number of hydrogen-bond acceptors (Lipinski definition) is 5. The zero-order chi connectivity index (χ0) is 12.3. The third kappa shape index (κ3) is 3.05. The molecule has 0 unspecified atom stereocenters. The fraction of sp³-hybridized carbons (Fsp3) is 0.600. The standard InChI is InChI=1S/C10H17N3O2S2/c11-8-9-10(4-7-16-9)17(14,15)12-13-5-2-1-3-6-13/h4,7,12H,1-3,5-6,8,11H2. The van der Waals surface area contributed by atoms with E-state index >= 15 is 0 Å². The lowest BCUT2D eigenvalue weighted by atomic mass is 10.2. The normalized spacial score (nSPS) is 18.4. The van der Waals surface area contributed by atoms with Gasteiger partial charge in [0.15, 0.2) is 0 Å². The van der Waals surface area contributed by atoms with E-state index < -0.39 is 10.0 Å². The molecule has 0 radical (unpaired) electrons. The van der Waals surface area contributed by atoms with Crippen LogP contribution in [0.3, 0.4) is 0 Å². The number of thiophene rings is 1. The third-order valence-corrected chi connectivity index (χ3v) is 5.32. The van der Waals surface area contributed by atoms with Crippen LogP contribution in [0, 0.1) is 0 Å². The Balaban J connectivity index is 2.13. The van der Waals surface area contributed by atoms with Gasteiger partial charge in [0.05, 0.1) is 4.90 Å². The molecule has 0 bridgehead atoms. The molecule has 0 saturated carbocycles. The quantitative estimate of drug-likeness (QED) is 0.855. The van der Waals surface area contributed by atoms with E-state index in [2.05, 4.69) is 4.83 Å². The fourth-order valence-corrected chi connectivity index (χ4v) is 4.38. The molecular weight excluding hydrogens is 258 g/mol. The van der Waals surface area contributed by atoms with Gasteiger partial charge in [-0.05, 0) is 24.3 Å². The van der Waals surface area contributed by atoms with Gasteiger partial charge < -0.3 is 5.73 Å². The predicted octanol–water partition coefficient (Wildman–Crippen LogP) is 0.886. The molecule has 1 saturated heterocycles. The van der Waals surface area contributed by atoms with Crippen LogP contribution in [0.4, 0.5) is 0 Å². The number of sulfonamides is 1. The highest BCUT2D eigenvalue weighted by Crippen LogP contribution is 2.21. The zero-order valence-electron chi connectivity index (χ0n) is 9.55. The SMILES string of the molecule is NCc1sccc1S(=O)(=O)NN1CCCCC1. The van der Waals surface area contributed by atoms with Gasteiger partial charge in [0, 0.05) is 24.5 Å². The summed E-state index contributed by atoms with van der Waals surface area (Å²) in [5.41, 5.74) is 5.53. The van der Waals surface area contributed by atoms with E-state index in [0.717, 1.165) is 25.9 Å². The molecule has 0 aliphatic carbocycles. The Kier molecular flexibility index (Phi) is 4.16. The smallest absolute Gasteiger partial charge is 0.254 e. The molecule has 1 aromatic rings. The lowest BCUT2D eigenvalue weighted by Gasteiger charge is -2.26. The van der Waals surface area contributed by atoms with Crippen molar-refractivity contribution in [1.82, 2.24) is 9.84 Å². The maximum atomic E-state index is 12.1. The lowest BCUT2D eigenvalue weighted by Crippen LogP contribution is -2.45. The van der Waals surface area contributed by atoms with Gasteiger partial charge >= 0.3 is 0 Å². The van der Waals surface area contributed by atoms with Gasteiger partial charge in [-0.2, -0.15) is 0 Å². The largest absolute Gasteiger partial charge is 0.326 e. The molecule has 2 heterocycles. The van der Waals surface area contributed by atoms with Crippen molar-refractivity contribution in [3.63, 3.8) is 0 Å². The van der Waals surface area contributed by atoms with Gasteiger partial charge in [-0.3, -0.25) is 0 Å². The first-order valence-corrected chi connectivity index (χ1v) is 8.03. The van der Waals surface area contributed by atoms with Gasteiger partial charge in [0.1, 0.15) is 0 Å².